The van der Waals surface area contributed by atoms with Crippen molar-refractivity contribution in [3.8, 4) is 5.75 Å². The number of benzene rings is 1. The third kappa shape index (κ3) is 4.44. The minimum absolute atomic E-state index is 0.157. The van der Waals surface area contributed by atoms with Crippen LogP contribution in [0.2, 0.25) is 18.1 Å². The number of hydrogen-bond donors (Lipinski definition) is 0. The number of rotatable bonds is 8. The molecule has 0 heterocycles. The minimum Gasteiger partial charge on any atom is -0.544 e. The van der Waals surface area contributed by atoms with Gasteiger partial charge in [-0.15, -0.1) is 13.2 Å². The Morgan fingerprint density at radius 2 is 1.52 bits per heavy atom. The molecule has 1 rings (SSSR count). The van der Waals surface area contributed by atoms with Crippen molar-refractivity contribution in [2.45, 2.75) is 57.2 Å². The highest BCUT2D eigenvalue weighted by molar-refractivity contribution is 6.74. The van der Waals surface area contributed by atoms with Crippen molar-refractivity contribution in [3.05, 3.63) is 55.1 Å². The Balaban J connectivity index is 3.09. The molecule has 0 atom stereocenters. The Kier molecular flexibility index (Phi) is 6.17. The van der Waals surface area contributed by atoms with Gasteiger partial charge in [-0.3, -0.25) is 0 Å². The molecule has 1 aromatic carbocycles. The van der Waals surface area contributed by atoms with E-state index < -0.39 is 13.7 Å². The molecule has 0 bridgehead atoms. The predicted molar refractivity (Wildman–Crippen MR) is 102 cm³/mol. The molecule has 0 saturated carbocycles. The molecule has 0 aliphatic carbocycles. The van der Waals surface area contributed by atoms with E-state index in [0.717, 1.165) is 17.6 Å². The normalized spacial score (nSPS) is 12.6. The Labute approximate surface area is 142 Å². The lowest BCUT2D eigenvalue weighted by molar-refractivity contribution is -0.112. The highest BCUT2D eigenvalue weighted by Crippen LogP contribution is 2.38. The summed E-state index contributed by atoms with van der Waals surface area (Å²) in [6.07, 6.45) is 5.80. The van der Waals surface area contributed by atoms with Gasteiger partial charge < -0.3 is 9.22 Å². The van der Waals surface area contributed by atoms with Gasteiger partial charge in [-0.05, 0) is 48.7 Å². The van der Waals surface area contributed by atoms with Crippen LogP contribution in [-0.4, -0.2) is 14.6 Å². The van der Waals surface area contributed by atoms with E-state index in [4.69, 9.17) is 4.43 Å². The van der Waals surface area contributed by atoms with Crippen molar-refractivity contribution in [2.75, 3.05) is 0 Å². The van der Waals surface area contributed by atoms with Crippen molar-refractivity contribution in [1.82, 2.24) is 0 Å². The van der Waals surface area contributed by atoms with E-state index in [1.54, 1.807) is 12.2 Å². The molecule has 0 N–H and O–H groups in total. The van der Waals surface area contributed by atoms with E-state index in [1.165, 1.54) is 0 Å². The van der Waals surface area contributed by atoms with Crippen molar-refractivity contribution in [1.29, 1.82) is 0 Å². The van der Waals surface area contributed by atoms with E-state index in [2.05, 4.69) is 47.0 Å². The fourth-order valence-corrected chi connectivity index (χ4v) is 3.33. The number of hydrogen-bond acceptors (Lipinski definition) is 2. The molecular formula is C20H30O2Si. The molecule has 0 fully saturated rings. The molecule has 0 amide bonds. The Morgan fingerprint density at radius 1 is 1.04 bits per heavy atom. The molecule has 0 aliphatic rings. The van der Waals surface area contributed by atoms with Crippen molar-refractivity contribution in [3.63, 3.8) is 0 Å². The van der Waals surface area contributed by atoms with E-state index in [1.807, 2.05) is 24.3 Å². The van der Waals surface area contributed by atoms with Crippen LogP contribution in [0.4, 0.5) is 0 Å². The van der Waals surface area contributed by atoms with E-state index in [9.17, 15) is 4.79 Å². The fourth-order valence-electron chi connectivity index (χ4n) is 2.30. The average molecular weight is 331 g/mol. The Morgan fingerprint density at radius 3 is 1.87 bits per heavy atom. The maximum Gasteiger partial charge on any atom is 0.250 e. The molecule has 126 valence electrons. The Bertz CT molecular complexity index is 540. The molecule has 0 saturated heterocycles. The van der Waals surface area contributed by atoms with Gasteiger partial charge in [0.15, 0.2) is 0 Å². The van der Waals surface area contributed by atoms with E-state index in [-0.39, 0.29) is 5.04 Å². The highest BCUT2D eigenvalue weighted by Gasteiger charge is 2.39. The minimum atomic E-state index is -1.85. The lowest BCUT2D eigenvalue weighted by Crippen LogP contribution is -2.43. The van der Waals surface area contributed by atoms with Gasteiger partial charge in [-0.25, -0.2) is 0 Å². The largest absolute Gasteiger partial charge is 0.544 e. The van der Waals surface area contributed by atoms with Crippen LogP contribution in [0.5, 0.6) is 5.75 Å². The fraction of sp³-hybridized carbons (Fsp3) is 0.450. The first-order chi connectivity index (χ1) is 10.6. The van der Waals surface area contributed by atoms with Crippen LogP contribution in [0.25, 0.3) is 0 Å². The van der Waals surface area contributed by atoms with Crippen LogP contribution < -0.4 is 4.43 Å². The van der Waals surface area contributed by atoms with Crippen molar-refractivity contribution >= 4 is 14.6 Å². The standard InChI is InChI=1S/C20H30O2Si/c1-8-14-20(16-21,15-9-2)17-10-12-18(13-11-17)22-23(6,7)19(3,4)5/h8-13,16H,1-2,14-15H2,3-7H3. The number of aldehydes is 1. The molecule has 1 aromatic rings. The summed E-state index contributed by atoms with van der Waals surface area (Å²) in [5, 5.41) is 0.157. The number of carbonyl (C=O) groups is 1. The molecule has 3 heteroatoms. The van der Waals surface area contributed by atoms with E-state index in [0.29, 0.717) is 12.8 Å². The third-order valence-corrected chi connectivity index (χ3v) is 9.21. The molecule has 23 heavy (non-hydrogen) atoms. The molecule has 0 radical (unpaired) electrons. The average Bonchev–Trinajstić information content (AvgIpc) is 2.46. The summed E-state index contributed by atoms with van der Waals surface area (Å²) < 4.78 is 6.30. The molecule has 0 unspecified atom stereocenters. The highest BCUT2D eigenvalue weighted by atomic mass is 28.4. The smallest absolute Gasteiger partial charge is 0.250 e. The lowest BCUT2D eigenvalue weighted by atomic mass is 9.76. The maximum absolute atomic E-state index is 11.7. The number of allylic oxidation sites excluding steroid dienone is 2. The quantitative estimate of drug-likeness (QED) is 0.349. The summed E-state index contributed by atoms with van der Waals surface area (Å²) in [5.41, 5.74) is 0.411. The molecular weight excluding hydrogens is 300 g/mol. The second kappa shape index (κ2) is 7.31. The zero-order valence-corrected chi connectivity index (χ0v) is 16.2. The van der Waals surface area contributed by atoms with Gasteiger partial charge in [0.2, 0.25) is 8.32 Å². The second-order valence-electron chi connectivity index (χ2n) is 7.65. The van der Waals surface area contributed by atoms with Crippen LogP contribution in [-0.2, 0) is 10.2 Å². The van der Waals surface area contributed by atoms with E-state index >= 15 is 0 Å². The molecule has 0 spiro atoms. The first-order valence-electron chi connectivity index (χ1n) is 8.09. The monoisotopic (exact) mass is 330 g/mol. The third-order valence-electron chi connectivity index (χ3n) is 4.85. The SMILES string of the molecule is C=CCC(C=O)(CC=C)c1ccc(O[Si](C)(C)C(C)(C)C)cc1. The predicted octanol–water partition coefficient (Wildman–Crippen LogP) is 5.66. The van der Waals surface area contributed by atoms with Gasteiger partial charge in [-0.2, -0.15) is 0 Å². The van der Waals surface area contributed by atoms with Crippen LogP contribution in [0, 0.1) is 0 Å². The summed E-state index contributed by atoms with van der Waals surface area (Å²) in [6, 6.07) is 7.92. The van der Waals surface area contributed by atoms with Gasteiger partial charge in [0.25, 0.3) is 0 Å². The van der Waals surface area contributed by atoms with Crippen LogP contribution in [0.1, 0.15) is 39.2 Å². The lowest BCUT2D eigenvalue weighted by Gasteiger charge is -2.36. The number of carbonyl (C=O) groups excluding carboxylic acids is 1. The van der Waals surface area contributed by atoms with Crippen molar-refractivity contribution < 1.29 is 9.22 Å². The summed E-state index contributed by atoms with van der Waals surface area (Å²) in [7, 11) is -1.85. The molecule has 0 aromatic heterocycles. The summed E-state index contributed by atoms with van der Waals surface area (Å²) in [5.74, 6) is 0.873. The Hall–Kier alpha value is -1.61. The second-order valence-corrected chi connectivity index (χ2v) is 12.4. The van der Waals surface area contributed by atoms with Gasteiger partial charge >= 0.3 is 0 Å². The van der Waals surface area contributed by atoms with Crippen LogP contribution >= 0.6 is 0 Å². The van der Waals surface area contributed by atoms with Crippen LogP contribution in [0.3, 0.4) is 0 Å². The van der Waals surface area contributed by atoms with Crippen LogP contribution in [0.15, 0.2) is 49.6 Å². The first kappa shape index (κ1) is 19.4. The summed E-state index contributed by atoms with van der Waals surface area (Å²) in [4.78, 5) is 11.7. The van der Waals surface area contributed by atoms with Crippen molar-refractivity contribution in [2.24, 2.45) is 0 Å². The van der Waals surface area contributed by atoms with Gasteiger partial charge in [0.05, 0.1) is 5.41 Å². The first-order valence-corrected chi connectivity index (χ1v) is 11.0. The van der Waals surface area contributed by atoms with Gasteiger partial charge in [-0.1, -0.05) is 45.1 Å². The van der Waals surface area contributed by atoms with Gasteiger partial charge in [0, 0.05) is 0 Å². The van der Waals surface area contributed by atoms with Gasteiger partial charge in [0.1, 0.15) is 12.0 Å². The molecule has 2 nitrogen and oxygen atoms in total. The topological polar surface area (TPSA) is 26.3 Å². The zero-order valence-electron chi connectivity index (χ0n) is 15.2. The zero-order chi connectivity index (χ0) is 17.7. The summed E-state index contributed by atoms with van der Waals surface area (Å²) >= 11 is 0. The maximum atomic E-state index is 11.7. The summed E-state index contributed by atoms with van der Waals surface area (Å²) in [6.45, 7) is 18.7. The molecule has 0 aliphatic heterocycles.